The standard InChI is InChI=1S/C38H44N4O5/c1-26(28-9-4-3-5-10-28)42(2)24-32-23-35(29-17-15-27(25-43)16-18-29)47-38(46-32)30-19-21-31(22-20-30)40-36(44)13-8-14-37(45)41-34-12-7-6-11-33(34)39/h3-7,9-12,15-22,26,32,35,38,43H,8,13-14,23-25,39H2,1-2H3,(H,40,44)(H,41,45). The molecule has 4 aromatic carbocycles. The summed E-state index contributed by atoms with van der Waals surface area (Å²) >= 11 is 0. The van der Waals surface area contributed by atoms with Gasteiger partial charge in [-0.1, -0.05) is 78.9 Å². The molecule has 1 aliphatic rings. The number of anilines is 3. The van der Waals surface area contributed by atoms with Crippen molar-refractivity contribution >= 4 is 28.9 Å². The molecule has 1 saturated heterocycles. The highest BCUT2D eigenvalue weighted by Gasteiger charge is 2.33. The minimum Gasteiger partial charge on any atom is -0.397 e. The summed E-state index contributed by atoms with van der Waals surface area (Å²) in [4.78, 5) is 27.2. The molecular weight excluding hydrogens is 592 g/mol. The molecule has 1 fully saturated rings. The summed E-state index contributed by atoms with van der Waals surface area (Å²) in [5, 5.41) is 15.2. The van der Waals surface area contributed by atoms with E-state index in [2.05, 4.69) is 53.8 Å². The van der Waals surface area contributed by atoms with Gasteiger partial charge in [0, 0.05) is 43.1 Å². The lowest BCUT2D eigenvalue weighted by molar-refractivity contribution is -0.253. The van der Waals surface area contributed by atoms with E-state index in [4.69, 9.17) is 15.2 Å². The van der Waals surface area contributed by atoms with Crippen molar-refractivity contribution in [1.29, 1.82) is 0 Å². The lowest BCUT2D eigenvalue weighted by atomic mass is 9.99. The summed E-state index contributed by atoms with van der Waals surface area (Å²) in [5.74, 6) is -0.355. The van der Waals surface area contributed by atoms with E-state index in [0.29, 0.717) is 36.4 Å². The minimum atomic E-state index is -0.599. The van der Waals surface area contributed by atoms with E-state index >= 15 is 0 Å². The molecule has 2 amide bonds. The second-order valence-corrected chi connectivity index (χ2v) is 12.0. The first kappa shape index (κ1) is 33.8. The van der Waals surface area contributed by atoms with E-state index < -0.39 is 6.29 Å². The van der Waals surface area contributed by atoms with E-state index in [1.54, 1.807) is 24.3 Å². The van der Waals surface area contributed by atoms with Crippen molar-refractivity contribution in [3.05, 3.63) is 125 Å². The highest BCUT2D eigenvalue weighted by Crippen LogP contribution is 2.39. The Labute approximate surface area is 276 Å². The van der Waals surface area contributed by atoms with Gasteiger partial charge in [-0.2, -0.15) is 0 Å². The van der Waals surface area contributed by atoms with Crippen LogP contribution in [0.3, 0.4) is 0 Å². The maximum atomic E-state index is 12.6. The van der Waals surface area contributed by atoms with Crippen LogP contribution in [-0.4, -0.2) is 41.5 Å². The molecule has 1 aliphatic heterocycles. The molecule has 246 valence electrons. The summed E-state index contributed by atoms with van der Waals surface area (Å²) in [7, 11) is 2.11. The molecule has 0 aromatic heterocycles. The van der Waals surface area contributed by atoms with Crippen molar-refractivity contribution in [2.24, 2.45) is 0 Å². The van der Waals surface area contributed by atoms with Crippen LogP contribution in [0.1, 0.15) is 73.3 Å². The number of nitrogens with two attached hydrogens (primary N) is 1. The number of hydrogen-bond donors (Lipinski definition) is 4. The molecule has 9 heteroatoms. The zero-order valence-corrected chi connectivity index (χ0v) is 27.0. The molecule has 4 aromatic rings. The van der Waals surface area contributed by atoms with Crippen LogP contribution in [0.2, 0.25) is 0 Å². The number of amides is 2. The first-order chi connectivity index (χ1) is 22.8. The van der Waals surface area contributed by atoms with Gasteiger partial charge in [0.2, 0.25) is 11.8 Å². The molecule has 0 bridgehead atoms. The van der Waals surface area contributed by atoms with Crippen molar-refractivity contribution in [3.63, 3.8) is 0 Å². The van der Waals surface area contributed by atoms with E-state index in [1.807, 2.05) is 54.6 Å². The molecule has 0 radical (unpaired) electrons. The minimum absolute atomic E-state index is 0.00956. The summed E-state index contributed by atoms with van der Waals surface area (Å²) in [6, 6.07) is 33.0. The second-order valence-electron chi connectivity index (χ2n) is 12.0. The normalized spacial score (nSPS) is 18.4. The second kappa shape index (κ2) is 16.3. The molecular formula is C38H44N4O5. The Morgan fingerprint density at radius 2 is 1.49 bits per heavy atom. The Morgan fingerprint density at radius 3 is 2.17 bits per heavy atom. The highest BCUT2D eigenvalue weighted by atomic mass is 16.7. The Hall–Kier alpha value is -4.54. The molecule has 0 saturated carbocycles. The van der Waals surface area contributed by atoms with Gasteiger partial charge in [0.1, 0.15) is 0 Å². The third kappa shape index (κ3) is 9.49. The zero-order valence-electron chi connectivity index (χ0n) is 27.0. The fourth-order valence-electron chi connectivity index (χ4n) is 5.68. The SMILES string of the molecule is CC(c1ccccc1)N(C)CC1CC(c2ccc(CO)cc2)OC(c2ccc(NC(=O)CCCC(=O)Nc3ccccc3N)cc2)O1. The van der Waals surface area contributed by atoms with Crippen molar-refractivity contribution in [2.45, 2.75) is 63.8 Å². The monoisotopic (exact) mass is 636 g/mol. The Bertz CT molecular complexity index is 1600. The van der Waals surface area contributed by atoms with Gasteiger partial charge in [0.05, 0.1) is 30.2 Å². The number of rotatable bonds is 13. The largest absolute Gasteiger partial charge is 0.397 e. The summed E-state index contributed by atoms with van der Waals surface area (Å²) < 4.78 is 13.0. The van der Waals surface area contributed by atoms with Crippen LogP contribution in [0.15, 0.2) is 103 Å². The smallest absolute Gasteiger partial charge is 0.224 e. The van der Waals surface area contributed by atoms with Crippen molar-refractivity contribution in [2.75, 3.05) is 30.0 Å². The third-order valence-corrected chi connectivity index (χ3v) is 8.56. The number of carbonyl (C=O) groups is 2. The molecule has 0 aliphatic carbocycles. The number of para-hydroxylation sites is 2. The van der Waals surface area contributed by atoms with Gasteiger partial charge >= 0.3 is 0 Å². The number of aliphatic hydroxyl groups is 1. The van der Waals surface area contributed by atoms with Gasteiger partial charge in [0.25, 0.3) is 0 Å². The van der Waals surface area contributed by atoms with Gasteiger partial charge in [0.15, 0.2) is 6.29 Å². The van der Waals surface area contributed by atoms with E-state index in [0.717, 1.165) is 16.7 Å². The molecule has 5 N–H and O–H groups in total. The zero-order chi connectivity index (χ0) is 33.2. The fourth-order valence-corrected chi connectivity index (χ4v) is 5.68. The lowest BCUT2D eigenvalue weighted by Crippen LogP contribution is -2.38. The van der Waals surface area contributed by atoms with Crippen molar-refractivity contribution < 1.29 is 24.2 Å². The number of ether oxygens (including phenoxy) is 2. The highest BCUT2D eigenvalue weighted by molar-refractivity contribution is 5.94. The van der Waals surface area contributed by atoms with Gasteiger partial charge < -0.3 is 30.9 Å². The number of nitrogen functional groups attached to an aromatic ring is 1. The number of aliphatic hydroxyl groups excluding tert-OH is 1. The van der Waals surface area contributed by atoms with Gasteiger partial charge in [-0.25, -0.2) is 0 Å². The summed E-state index contributed by atoms with van der Waals surface area (Å²) in [5.41, 5.74) is 11.6. The van der Waals surface area contributed by atoms with Gasteiger partial charge in [-0.15, -0.1) is 0 Å². The quantitative estimate of drug-likeness (QED) is 0.120. The third-order valence-electron chi connectivity index (χ3n) is 8.56. The molecule has 4 atom stereocenters. The van der Waals surface area contributed by atoms with Gasteiger partial charge in [-0.3, -0.25) is 14.5 Å². The number of benzene rings is 4. The summed E-state index contributed by atoms with van der Waals surface area (Å²) in [6.45, 7) is 2.90. The summed E-state index contributed by atoms with van der Waals surface area (Å²) in [6.07, 6.45) is 0.628. The van der Waals surface area contributed by atoms with Crippen LogP contribution >= 0.6 is 0 Å². The predicted octanol–water partition coefficient (Wildman–Crippen LogP) is 6.75. The molecule has 4 unspecified atom stereocenters. The number of nitrogens with zero attached hydrogens (tertiary/aromatic N) is 1. The molecule has 9 nitrogen and oxygen atoms in total. The number of carbonyl (C=O) groups excluding carboxylic acids is 2. The Kier molecular flexibility index (Phi) is 11.8. The molecule has 0 spiro atoms. The van der Waals surface area contributed by atoms with Crippen LogP contribution in [0.4, 0.5) is 17.1 Å². The first-order valence-corrected chi connectivity index (χ1v) is 16.1. The van der Waals surface area contributed by atoms with E-state index in [9.17, 15) is 14.7 Å². The maximum absolute atomic E-state index is 12.6. The molecule has 1 heterocycles. The number of hydrogen-bond acceptors (Lipinski definition) is 7. The Morgan fingerprint density at radius 1 is 0.851 bits per heavy atom. The number of likely N-dealkylation sites (N-methyl/N-ethyl adjacent to an activating group) is 1. The van der Waals surface area contributed by atoms with Crippen molar-refractivity contribution in [3.8, 4) is 0 Å². The first-order valence-electron chi connectivity index (χ1n) is 16.1. The van der Waals surface area contributed by atoms with E-state index in [1.165, 1.54) is 5.56 Å². The Balaban J connectivity index is 1.19. The van der Waals surface area contributed by atoms with Crippen LogP contribution in [0.5, 0.6) is 0 Å². The van der Waals surface area contributed by atoms with Crippen LogP contribution in [0.25, 0.3) is 0 Å². The van der Waals surface area contributed by atoms with Gasteiger partial charge in [-0.05, 0) is 61.3 Å². The topological polar surface area (TPSA) is 126 Å². The molecule has 5 rings (SSSR count). The van der Waals surface area contributed by atoms with Crippen LogP contribution < -0.4 is 16.4 Å². The van der Waals surface area contributed by atoms with E-state index in [-0.39, 0.29) is 49.5 Å². The van der Waals surface area contributed by atoms with Crippen LogP contribution in [0, 0.1) is 0 Å². The van der Waals surface area contributed by atoms with Crippen LogP contribution in [-0.2, 0) is 25.7 Å². The molecule has 47 heavy (non-hydrogen) atoms. The lowest BCUT2D eigenvalue weighted by Gasteiger charge is -2.39. The number of nitrogens with one attached hydrogen (secondary N) is 2. The fraction of sp³-hybridized carbons (Fsp3) is 0.316. The average molecular weight is 637 g/mol. The average Bonchev–Trinajstić information content (AvgIpc) is 3.09. The predicted molar refractivity (Wildman–Crippen MR) is 184 cm³/mol. The maximum Gasteiger partial charge on any atom is 0.224 e. The van der Waals surface area contributed by atoms with Crippen molar-refractivity contribution in [1.82, 2.24) is 4.90 Å².